The van der Waals surface area contributed by atoms with Gasteiger partial charge in [0.2, 0.25) is 0 Å². The van der Waals surface area contributed by atoms with Crippen LogP contribution in [0, 0.1) is 0 Å². The first-order valence-corrected chi connectivity index (χ1v) is 13.1. The zero-order valence-corrected chi connectivity index (χ0v) is 14.6. The van der Waals surface area contributed by atoms with Crippen LogP contribution in [-0.4, -0.2) is 35.8 Å². The Bertz CT molecular complexity index is 175. The van der Waals surface area contributed by atoms with E-state index in [0.717, 1.165) is 6.04 Å². The summed E-state index contributed by atoms with van der Waals surface area (Å²) in [5, 5.41) is 0. The first-order valence-electron chi connectivity index (χ1n) is 6.25. The molecule has 0 radical (unpaired) electrons. The summed E-state index contributed by atoms with van der Waals surface area (Å²) in [5.41, 5.74) is 0. The lowest BCUT2D eigenvalue weighted by molar-refractivity contribution is 0.251. The van der Waals surface area contributed by atoms with E-state index >= 15 is 0 Å². The van der Waals surface area contributed by atoms with Crippen LogP contribution in [0.3, 0.4) is 0 Å². The second kappa shape index (κ2) is 7.92. The van der Waals surface area contributed by atoms with E-state index in [1.807, 2.05) is 0 Å². The standard InChI is InChI=1S/C11H28O2SSi2/c1-7-16(8-2,9-3)14-10-11-15(6,12-4)13-5/h7-11H2,1-6H3. The van der Waals surface area contributed by atoms with E-state index < -0.39 is 15.8 Å². The van der Waals surface area contributed by atoms with Gasteiger partial charge < -0.3 is 8.85 Å². The average Bonchev–Trinajstić information content (AvgIpc) is 2.35. The Morgan fingerprint density at radius 3 is 1.69 bits per heavy atom. The minimum atomic E-state index is -1.83. The second-order valence-electron chi connectivity index (χ2n) is 4.38. The van der Waals surface area contributed by atoms with Crippen molar-refractivity contribution in [1.82, 2.24) is 0 Å². The molecule has 5 heteroatoms. The molecule has 0 unspecified atom stereocenters. The van der Waals surface area contributed by atoms with Crippen LogP contribution in [0.15, 0.2) is 0 Å². The monoisotopic (exact) mass is 280 g/mol. The number of rotatable bonds is 9. The molecule has 0 aliphatic rings. The van der Waals surface area contributed by atoms with Gasteiger partial charge in [0.05, 0.1) is 0 Å². The van der Waals surface area contributed by atoms with Gasteiger partial charge in [-0.15, -0.1) is 0 Å². The number of hydrogen-bond acceptors (Lipinski definition) is 3. The molecular formula is C11H28O2SSi2. The maximum Gasteiger partial charge on any atom is 0.335 e. The SMILES string of the molecule is CC[Si](CC)(CC)SCC[Si](C)(OC)OC. The van der Waals surface area contributed by atoms with Crippen LogP contribution in [0.1, 0.15) is 20.8 Å². The lowest BCUT2D eigenvalue weighted by Crippen LogP contribution is -2.37. The zero-order valence-electron chi connectivity index (χ0n) is 11.8. The summed E-state index contributed by atoms with van der Waals surface area (Å²) >= 11 is 2.24. The molecule has 0 amide bonds. The normalized spacial score (nSPS) is 13.1. The molecule has 2 nitrogen and oxygen atoms in total. The Morgan fingerprint density at radius 2 is 1.38 bits per heavy atom. The molecule has 0 spiro atoms. The molecule has 0 aliphatic carbocycles. The first kappa shape index (κ1) is 16.7. The van der Waals surface area contributed by atoms with Crippen molar-refractivity contribution < 1.29 is 8.85 Å². The van der Waals surface area contributed by atoms with E-state index in [1.54, 1.807) is 14.2 Å². The summed E-state index contributed by atoms with van der Waals surface area (Å²) in [6.45, 7) is 9.22. The highest BCUT2D eigenvalue weighted by Crippen LogP contribution is 2.34. The molecule has 16 heavy (non-hydrogen) atoms. The molecular weight excluding hydrogens is 252 g/mol. The van der Waals surface area contributed by atoms with Crippen molar-refractivity contribution in [3.05, 3.63) is 0 Å². The third kappa shape index (κ3) is 4.91. The summed E-state index contributed by atoms with van der Waals surface area (Å²) in [7, 11) is 0.716. The molecule has 0 bridgehead atoms. The summed E-state index contributed by atoms with van der Waals surface area (Å²) < 4.78 is 11.0. The van der Waals surface area contributed by atoms with E-state index in [4.69, 9.17) is 8.85 Å². The van der Waals surface area contributed by atoms with Gasteiger partial charge in [0.1, 0.15) is 7.22 Å². The average molecular weight is 281 g/mol. The van der Waals surface area contributed by atoms with Crippen LogP contribution in [0.25, 0.3) is 0 Å². The molecule has 0 aliphatic heterocycles. The molecule has 0 saturated carbocycles. The van der Waals surface area contributed by atoms with Crippen molar-refractivity contribution in [1.29, 1.82) is 0 Å². The fourth-order valence-corrected chi connectivity index (χ4v) is 10.9. The van der Waals surface area contributed by atoms with Gasteiger partial charge in [0, 0.05) is 14.2 Å². The third-order valence-corrected chi connectivity index (χ3v) is 16.9. The van der Waals surface area contributed by atoms with Gasteiger partial charge in [0.15, 0.2) is 0 Å². The Kier molecular flexibility index (Phi) is 8.27. The molecule has 0 heterocycles. The largest absolute Gasteiger partial charge is 0.398 e. The van der Waals surface area contributed by atoms with Crippen LogP contribution < -0.4 is 0 Å². The Balaban J connectivity index is 4.13. The fraction of sp³-hybridized carbons (Fsp3) is 1.00. The van der Waals surface area contributed by atoms with Crippen LogP contribution in [-0.2, 0) is 8.85 Å². The predicted octanol–water partition coefficient (Wildman–Crippen LogP) is 4.09. The van der Waals surface area contributed by atoms with Crippen molar-refractivity contribution in [3.63, 3.8) is 0 Å². The van der Waals surface area contributed by atoms with E-state index in [0.29, 0.717) is 0 Å². The van der Waals surface area contributed by atoms with Gasteiger partial charge in [-0.25, -0.2) is 0 Å². The van der Waals surface area contributed by atoms with Gasteiger partial charge in [-0.1, -0.05) is 38.9 Å². The van der Waals surface area contributed by atoms with Gasteiger partial charge in [0.25, 0.3) is 0 Å². The maximum absolute atomic E-state index is 5.52. The molecule has 0 aromatic carbocycles. The molecule has 0 N–H and O–H groups in total. The first-order chi connectivity index (χ1) is 7.51. The summed E-state index contributed by atoms with van der Waals surface area (Å²) in [6.07, 6.45) is 0. The molecule has 0 fully saturated rings. The van der Waals surface area contributed by atoms with Crippen LogP contribution >= 0.6 is 11.2 Å². The lowest BCUT2D eigenvalue weighted by Gasteiger charge is -2.29. The minimum absolute atomic E-state index is 1.01. The second-order valence-corrected chi connectivity index (χ2v) is 16.6. The van der Waals surface area contributed by atoms with Crippen molar-refractivity contribution >= 4 is 27.0 Å². The predicted molar refractivity (Wildman–Crippen MR) is 80.1 cm³/mol. The van der Waals surface area contributed by atoms with Crippen molar-refractivity contribution in [3.8, 4) is 0 Å². The maximum atomic E-state index is 5.52. The Labute approximate surface area is 107 Å². The summed E-state index contributed by atoms with van der Waals surface area (Å²) in [5.74, 6) is 1.21. The highest BCUT2D eigenvalue weighted by atomic mass is 32.4. The third-order valence-electron chi connectivity index (χ3n) is 3.76. The topological polar surface area (TPSA) is 18.5 Å². The highest BCUT2D eigenvalue weighted by molar-refractivity contribution is 8.29. The lowest BCUT2D eigenvalue weighted by atomic mass is 10.9. The highest BCUT2D eigenvalue weighted by Gasteiger charge is 2.32. The molecule has 0 rings (SSSR count). The van der Waals surface area contributed by atoms with Crippen molar-refractivity contribution in [2.24, 2.45) is 0 Å². The molecule has 0 aromatic heterocycles. The van der Waals surface area contributed by atoms with Gasteiger partial charge in [-0.2, -0.15) is 11.2 Å². The quantitative estimate of drug-likeness (QED) is 0.593. The smallest absolute Gasteiger partial charge is 0.335 e. The molecule has 98 valence electrons. The Morgan fingerprint density at radius 1 is 0.938 bits per heavy atom. The van der Waals surface area contributed by atoms with E-state index in [2.05, 4.69) is 38.5 Å². The summed E-state index contributed by atoms with van der Waals surface area (Å²) in [4.78, 5) is 0. The number of hydrogen-bond donors (Lipinski definition) is 0. The van der Waals surface area contributed by atoms with Crippen molar-refractivity contribution in [2.75, 3.05) is 20.0 Å². The zero-order chi connectivity index (χ0) is 12.7. The van der Waals surface area contributed by atoms with Gasteiger partial charge in [-0.3, -0.25) is 0 Å². The fourth-order valence-electron chi connectivity index (χ4n) is 1.80. The van der Waals surface area contributed by atoms with Gasteiger partial charge >= 0.3 is 8.56 Å². The van der Waals surface area contributed by atoms with Crippen LogP contribution in [0.5, 0.6) is 0 Å². The van der Waals surface area contributed by atoms with E-state index in [-0.39, 0.29) is 0 Å². The van der Waals surface area contributed by atoms with Crippen LogP contribution in [0.2, 0.25) is 30.7 Å². The van der Waals surface area contributed by atoms with E-state index in [1.165, 1.54) is 23.9 Å². The molecule has 0 saturated heterocycles. The molecule has 0 atom stereocenters. The Hall–Kier alpha value is 0.704. The van der Waals surface area contributed by atoms with E-state index in [9.17, 15) is 0 Å². The minimum Gasteiger partial charge on any atom is -0.398 e. The van der Waals surface area contributed by atoms with Crippen molar-refractivity contribution in [2.45, 2.75) is 51.5 Å². The van der Waals surface area contributed by atoms with Gasteiger partial charge in [-0.05, 0) is 18.3 Å². The summed E-state index contributed by atoms with van der Waals surface area (Å²) in [6, 6.07) is 5.29. The molecule has 0 aromatic rings. The van der Waals surface area contributed by atoms with Crippen LogP contribution in [0.4, 0.5) is 0 Å².